The molecule has 0 bridgehead atoms. The fourth-order valence-electron chi connectivity index (χ4n) is 4.39. The van der Waals surface area contributed by atoms with E-state index in [9.17, 15) is 9.59 Å². The Morgan fingerprint density at radius 1 is 0.925 bits per heavy atom. The van der Waals surface area contributed by atoms with Crippen LogP contribution in [-0.4, -0.2) is 29.2 Å². The van der Waals surface area contributed by atoms with Crippen molar-refractivity contribution in [3.63, 3.8) is 0 Å². The van der Waals surface area contributed by atoms with Crippen LogP contribution in [0.4, 0.5) is 0 Å². The molecule has 3 N–H and O–H groups in total. The third-order valence-corrected chi connectivity index (χ3v) is 6.29. The number of amides is 2. The lowest BCUT2D eigenvalue weighted by atomic mass is 10.0. The van der Waals surface area contributed by atoms with Gasteiger partial charge in [-0.2, -0.15) is 5.10 Å². The van der Waals surface area contributed by atoms with Crippen molar-refractivity contribution in [2.24, 2.45) is 10.8 Å². The summed E-state index contributed by atoms with van der Waals surface area (Å²) in [5, 5.41) is 5.87. The first-order valence-electron chi connectivity index (χ1n) is 12.6. The second kappa shape index (κ2) is 11.6. The molecule has 0 aliphatic rings. The summed E-state index contributed by atoms with van der Waals surface area (Å²) < 4.78 is 19.2. The quantitative estimate of drug-likeness (QED) is 0.191. The molecule has 0 unspecified atom stereocenters. The van der Waals surface area contributed by atoms with Gasteiger partial charge in [-0.3, -0.25) is 9.59 Å². The Balaban J connectivity index is 1.21. The van der Waals surface area contributed by atoms with Gasteiger partial charge in [-0.25, -0.2) is 5.43 Å². The van der Waals surface area contributed by atoms with Crippen molar-refractivity contribution >= 4 is 28.8 Å². The molecule has 9 nitrogen and oxygen atoms in total. The van der Waals surface area contributed by atoms with Crippen LogP contribution < -0.4 is 20.6 Å². The van der Waals surface area contributed by atoms with Gasteiger partial charge >= 0.3 is 5.91 Å². The van der Waals surface area contributed by atoms with Crippen molar-refractivity contribution in [2.45, 2.75) is 20.5 Å². The Morgan fingerprint density at radius 3 is 2.42 bits per heavy atom. The number of hydrogen-bond donors (Lipinski definition) is 2. The number of primary amides is 1. The van der Waals surface area contributed by atoms with Crippen molar-refractivity contribution in [1.29, 1.82) is 0 Å². The Hall–Kier alpha value is -5.31. The van der Waals surface area contributed by atoms with Crippen molar-refractivity contribution in [2.75, 3.05) is 6.61 Å². The normalized spacial score (nSPS) is 11.2. The predicted octanol–water partition coefficient (Wildman–Crippen LogP) is 5.05. The highest BCUT2D eigenvalue weighted by atomic mass is 16.5. The monoisotopic (exact) mass is 536 g/mol. The summed E-state index contributed by atoms with van der Waals surface area (Å²) in [7, 11) is 0. The first-order valence-corrected chi connectivity index (χ1v) is 12.6. The Morgan fingerprint density at radius 2 is 1.68 bits per heavy atom. The summed E-state index contributed by atoms with van der Waals surface area (Å²) in [6, 6.07) is 26.4. The number of aryl methyl sites for hydroxylation is 2. The van der Waals surface area contributed by atoms with Gasteiger partial charge in [0.2, 0.25) is 0 Å². The molecule has 0 saturated heterocycles. The van der Waals surface area contributed by atoms with Gasteiger partial charge in [-0.15, -0.1) is 0 Å². The second-order valence-electron chi connectivity index (χ2n) is 9.15. The second-order valence-corrected chi connectivity index (χ2v) is 9.15. The van der Waals surface area contributed by atoms with Crippen LogP contribution in [0.3, 0.4) is 0 Å². The van der Waals surface area contributed by atoms with Crippen LogP contribution >= 0.6 is 0 Å². The number of ether oxygens (including phenoxy) is 2. The number of rotatable bonds is 10. The molecule has 0 aliphatic heterocycles. The lowest BCUT2D eigenvalue weighted by Gasteiger charge is -2.10. The summed E-state index contributed by atoms with van der Waals surface area (Å²) in [5.41, 5.74) is 11.7. The molecule has 2 aromatic heterocycles. The molecule has 5 rings (SSSR count). The number of hydrazone groups is 1. The van der Waals surface area contributed by atoms with Crippen LogP contribution in [-0.2, 0) is 11.4 Å². The minimum Gasteiger partial charge on any atom is -0.486 e. The van der Waals surface area contributed by atoms with Crippen LogP contribution in [0.2, 0.25) is 0 Å². The van der Waals surface area contributed by atoms with Crippen LogP contribution in [0.5, 0.6) is 11.5 Å². The maximum Gasteiger partial charge on any atom is 0.307 e. The number of carbonyl (C=O) groups is 2. The number of nitrogens with one attached hydrogen (secondary N) is 1. The molecule has 2 amide bonds. The van der Waals surface area contributed by atoms with Gasteiger partial charge in [0.1, 0.15) is 23.9 Å². The number of carbonyl (C=O) groups excluding carboxylic acids is 2. The molecule has 0 spiro atoms. The molecule has 2 heterocycles. The van der Waals surface area contributed by atoms with E-state index in [0.29, 0.717) is 22.8 Å². The van der Waals surface area contributed by atoms with Gasteiger partial charge in [0.25, 0.3) is 5.91 Å². The summed E-state index contributed by atoms with van der Waals surface area (Å²) in [5.74, 6) is 0.562. The summed E-state index contributed by atoms with van der Waals surface area (Å²) in [6.07, 6.45) is 1.46. The van der Waals surface area contributed by atoms with Gasteiger partial charge in [0.05, 0.1) is 6.21 Å². The molecule has 3 aromatic carbocycles. The molecule has 0 aliphatic carbocycles. The summed E-state index contributed by atoms with van der Waals surface area (Å²) >= 11 is 0. The maximum atomic E-state index is 12.6. The van der Waals surface area contributed by atoms with Crippen molar-refractivity contribution in [3.8, 4) is 17.2 Å². The van der Waals surface area contributed by atoms with Gasteiger partial charge in [0.15, 0.2) is 12.4 Å². The highest BCUT2D eigenvalue weighted by Crippen LogP contribution is 2.27. The first-order chi connectivity index (χ1) is 19.4. The van der Waals surface area contributed by atoms with E-state index in [-0.39, 0.29) is 19.0 Å². The van der Waals surface area contributed by atoms with Crippen LogP contribution in [0.25, 0.3) is 16.5 Å². The molecule has 202 valence electrons. The smallest absolute Gasteiger partial charge is 0.307 e. The predicted molar refractivity (Wildman–Crippen MR) is 152 cm³/mol. The molecule has 0 atom stereocenters. The zero-order valence-electron chi connectivity index (χ0n) is 22.1. The van der Waals surface area contributed by atoms with E-state index in [4.69, 9.17) is 19.6 Å². The molecule has 9 heteroatoms. The fourth-order valence-corrected chi connectivity index (χ4v) is 4.39. The number of nitrogens with two attached hydrogens (primary N) is 1. The third kappa shape index (κ3) is 5.88. The molecular weight excluding hydrogens is 508 g/mol. The largest absolute Gasteiger partial charge is 0.486 e. The van der Waals surface area contributed by atoms with Gasteiger partial charge in [-0.1, -0.05) is 30.3 Å². The Kier molecular flexibility index (Phi) is 7.63. The van der Waals surface area contributed by atoms with Gasteiger partial charge < -0.3 is 24.2 Å². The molecular formula is C31H28N4O5. The van der Waals surface area contributed by atoms with Crippen LogP contribution in [0.1, 0.15) is 33.3 Å². The summed E-state index contributed by atoms with van der Waals surface area (Å²) in [4.78, 5) is 23.8. The van der Waals surface area contributed by atoms with Crippen molar-refractivity contribution in [3.05, 3.63) is 113 Å². The molecule has 5 aromatic rings. The van der Waals surface area contributed by atoms with E-state index < -0.39 is 11.8 Å². The third-order valence-electron chi connectivity index (χ3n) is 6.29. The minimum atomic E-state index is -0.596. The van der Waals surface area contributed by atoms with E-state index >= 15 is 0 Å². The Labute approximate surface area is 230 Å². The summed E-state index contributed by atoms with van der Waals surface area (Å²) in [6.45, 7) is 4.01. The van der Waals surface area contributed by atoms with Gasteiger partial charge in [-0.05, 0) is 79.2 Å². The highest BCUT2D eigenvalue weighted by molar-refractivity contribution is 6.03. The lowest BCUT2D eigenvalue weighted by Crippen LogP contribution is -2.20. The zero-order chi connectivity index (χ0) is 28.1. The highest BCUT2D eigenvalue weighted by Gasteiger charge is 2.13. The standard InChI is InChI=1S/C31H28N4O5/c1-20-7-8-21(2)35(20)23-10-12-24(13-11-23)38-18-25-14-16-29(40-25)31(37)34-33-17-27-26-6-4-3-5-22(26)9-15-28(27)39-19-30(32)36/h3-17H,18-19H2,1-2H3,(H2,32,36)(H,34,37)/b33-17+. The number of fused-ring (bicyclic) bond motifs is 1. The molecule has 0 fully saturated rings. The number of furan rings is 1. The number of nitrogens with zero attached hydrogens (tertiary/aromatic N) is 2. The van der Waals surface area contributed by atoms with E-state index in [2.05, 4.69) is 41.1 Å². The SMILES string of the molecule is Cc1ccc(C)n1-c1ccc(OCc2ccc(C(=O)N/N=C/c3c(OCC(N)=O)ccc4ccccc34)o2)cc1. The molecule has 40 heavy (non-hydrogen) atoms. The topological polar surface area (TPSA) is 121 Å². The number of benzene rings is 3. The fraction of sp³-hybridized carbons (Fsp3) is 0.129. The zero-order valence-corrected chi connectivity index (χ0v) is 22.1. The minimum absolute atomic E-state index is 0.0905. The first kappa shape index (κ1) is 26.3. The number of aromatic nitrogens is 1. The van der Waals surface area contributed by atoms with E-state index in [0.717, 1.165) is 27.8 Å². The Bertz CT molecular complexity index is 1680. The van der Waals surface area contributed by atoms with E-state index in [1.54, 1.807) is 18.2 Å². The average molecular weight is 537 g/mol. The van der Waals surface area contributed by atoms with E-state index in [1.165, 1.54) is 6.21 Å². The van der Waals surface area contributed by atoms with Crippen molar-refractivity contribution < 1.29 is 23.5 Å². The molecule has 0 saturated carbocycles. The molecule has 0 radical (unpaired) electrons. The van der Waals surface area contributed by atoms with Crippen LogP contribution in [0.15, 0.2) is 94.4 Å². The van der Waals surface area contributed by atoms with E-state index in [1.807, 2.05) is 54.6 Å². The lowest BCUT2D eigenvalue weighted by molar-refractivity contribution is -0.119. The maximum absolute atomic E-state index is 12.6. The average Bonchev–Trinajstić information content (AvgIpc) is 3.57. The number of hydrogen-bond acceptors (Lipinski definition) is 6. The van der Waals surface area contributed by atoms with Gasteiger partial charge in [0, 0.05) is 22.6 Å². The van der Waals surface area contributed by atoms with Crippen molar-refractivity contribution in [1.82, 2.24) is 9.99 Å². The van der Waals surface area contributed by atoms with Crippen LogP contribution in [0, 0.1) is 13.8 Å².